The lowest BCUT2D eigenvalue weighted by molar-refractivity contribution is 1.09. The second kappa shape index (κ2) is 4.17. The highest BCUT2D eigenvalue weighted by molar-refractivity contribution is 9.10. The van der Waals surface area contributed by atoms with Crippen molar-refractivity contribution < 1.29 is 0 Å². The van der Waals surface area contributed by atoms with Gasteiger partial charge in [-0.05, 0) is 46.3 Å². The quantitative estimate of drug-likeness (QED) is 0.650. The highest BCUT2D eigenvalue weighted by Gasteiger charge is 2.04. The fraction of sp³-hybridized carbons (Fsp3) is 0. The third-order valence-corrected chi connectivity index (χ3v) is 3.29. The maximum Gasteiger partial charge on any atom is 0.0650 e. The number of fused-ring (bicyclic) bond motifs is 1. The van der Waals surface area contributed by atoms with E-state index in [0.29, 0.717) is 0 Å². The minimum absolute atomic E-state index is 0.752. The molecule has 0 fully saturated rings. The zero-order valence-corrected chi connectivity index (χ0v) is 11.1. The van der Waals surface area contributed by atoms with Gasteiger partial charge in [0.15, 0.2) is 0 Å². The molecule has 3 aromatic rings. The number of nitrogens with zero attached hydrogens (tertiary/aromatic N) is 2. The lowest BCUT2D eigenvalue weighted by Crippen LogP contribution is -1.92. The molecular formula is C13H8BrClN2. The van der Waals surface area contributed by atoms with Crippen LogP contribution in [0.3, 0.4) is 0 Å². The molecule has 84 valence electrons. The van der Waals surface area contributed by atoms with Gasteiger partial charge in [-0.15, -0.1) is 0 Å². The molecule has 0 spiro atoms. The van der Waals surface area contributed by atoms with Gasteiger partial charge in [-0.2, -0.15) is 0 Å². The molecule has 0 atom stereocenters. The highest BCUT2D eigenvalue weighted by Crippen LogP contribution is 2.24. The first kappa shape index (κ1) is 10.8. The Labute approximate surface area is 112 Å². The monoisotopic (exact) mass is 306 g/mol. The predicted octanol–water partition coefficient (Wildman–Crippen LogP) is 4.44. The number of aromatic nitrogens is 2. The average Bonchev–Trinajstić information content (AvgIpc) is 2.71. The molecular weight excluding hydrogens is 300 g/mol. The van der Waals surface area contributed by atoms with Crippen LogP contribution < -0.4 is 0 Å². The van der Waals surface area contributed by atoms with Crippen LogP contribution in [0.4, 0.5) is 0 Å². The standard InChI is InChI=1S/C13H8BrClN2/c14-10-6-12(8-16-7-10)17-4-3-9-5-11(15)1-2-13(9)17/h1-8H. The van der Waals surface area contributed by atoms with Crippen LogP contribution in [-0.2, 0) is 0 Å². The summed E-state index contributed by atoms with van der Waals surface area (Å²) in [6.07, 6.45) is 5.62. The van der Waals surface area contributed by atoms with Crippen LogP contribution in [0.2, 0.25) is 5.02 Å². The summed E-state index contributed by atoms with van der Waals surface area (Å²) in [6.45, 7) is 0. The molecule has 0 amide bonds. The van der Waals surface area contributed by atoms with Crippen molar-refractivity contribution in [2.45, 2.75) is 0 Å². The van der Waals surface area contributed by atoms with Gasteiger partial charge >= 0.3 is 0 Å². The summed E-state index contributed by atoms with van der Waals surface area (Å²) in [5, 5.41) is 1.88. The smallest absolute Gasteiger partial charge is 0.0650 e. The molecule has 0 aliphatic carbocycles. The van der Waals surface area contributed by atoms with Crippen molar-refractivity contribution in [3.63, 3.8) is 0 Å². The molecule has 0 N–H and O–H groups in total. The molecule has 0 bridgehead atoms. The molecule has 0 saturated carbocycles. The van der Waals surface area contributed by atoms with Crippen LogP contribution in [0.5, 0.6) is 0 Å². The molecule has 2 aromatic heterocycles. The second-order valence-electron chi connectivity index (χ2n) is 3.75. The first-order chi connectivity index (χ1) is 8.24. The predicted molar refractivity (Wildman–Crippen MR) is 73.8 cm³/mol. The van der Waals surface area contributed by atoms with Gasteiger partial charge in [0.2, 0.25) is 0 Å². The van der Waals surface area contributed by atoms with Crippen LogP contribution in [0.25, 0.3) is 16.6 Å². The zero-order chi connectivity index (χ0) is 11.8. The van der Waals surface area contributed by atoms with Gasteiger partial charge in [-0.25, -0.2) is 0 Å². The Morgan fingerprint density at radius 2 is 2.00 bits per heavy atom. The minimum atomic E-state index is 0.752. The molecule has 3 rings (SSSR count). The Morgan fingerprint density at radius 1 is 1.12 bits per heavy atom. The second-order valence-corrected chi connectivity index (χ2v) is 5.10. The maximum atomic E-state index is 5.97. The van der Waals surface area contributed by atoms with E-state index in [0.717, 1.165) is 26.1 Å². The zero-order valence-electron chi connectivity index (χ0n) is 8.77. The molecule has 17 heavy (non-hydrogen) atoms. The summed E-state index contributed by atoms with van der Waals surface area (Å²) < 4.78 is 3.05. The number of halogens is 2. The first-order valence-electron chi connectivity index (χ1n) is 5.11. The summed E-state index contributed by atoms with van der Waals surface area (Å²) >= 11 is 9.40. The van der Waals surface area contributed by atoms with E-state index in [1.807, 2.05) is 42.7 Å². The molecule has 0 radical (unpaired) electrons. The van der Waals surface area contributed by atoms with Gasteiger partial charge in [0.1, 0.15) is 0 Å². The molecule has 0 aliphatic heterocycles. The number of pyridine rings is 1. The third-order valence-electron chi connectivity index (χ3n) is 2.62. The Morgan fingerprint density at radius 3 is 2.82 bits per heavy atom. The fourth-order valence-corrected chi connectivity index (χ4v) is 2.40. The molecule has 0 saturated heterocycles. The Bertz CT molecular complexity index is 691. The van der Waals surface area contributed by atoms with Crippen molar-refractivity contribution in [1.82, 2.24) is 9.55 Å². The van der Waals surface area contributed by atoms with Crippen molar-refractivity contribution in [1.29, 1.82) is 0 Å². The largest absolute Gasteiger partial charge is 0.315 e. The molecule has 4 heteroatoms. The summed E-state index contributed by atoms with van der Waals surface area (Å²) in [6, 6.07) is 9.94. The highest BCUT2D eigenvalue weighted by atomic mass is 79.9. The summed E-state index contributed by atoms with van der Waals surface area (Å²) in [4.78, 5) is 4.17. The number of rotatable bonds is 1. The Balaban J connectivity index is 2.24. The number of benzene rings is 1. The van der Waals surface area contributed by atoms with Crippen molar-refractivity contribution in [3.8, 4) is 5.69 Å². The molecule has 0 aliphatic rings. The van der Waals surface area contributed by atoms with Gasteiger partial charge in [-0.3, -0.25) is 4.98 Å². The van der Waals surface area contributed by atoms with Crippen molar-refractivity contribution in [2.75, 3.05) is 0 Å². The van der Waals surface area contributed by atoms with E-state index in [1.165, 1.54) is 0 Å². The SMILES string of the molecule is Clc1ccc2c(ccn2-c2cncc(Br)c2)c1. The normalized spacial score (nSPS) is 10.9. The van der Waals surface area contributed by atoms with E-state index in [4.69, 9.17) is 11.6 Å². The minimum Gasteiger partial charge on any atom is -0.315 e. The van der Waals surface area contributed by atoms with Gasteiger partial charge in [-0.1, -0.05) is 11.6 Å². The van der Waals surface area contributed by atoms with Crippen molar-refractivity contribution in [3.05, 3.63) is 58.4 Å². The molecule has 0 unspecified atom stereocenters. The van der Waals surface area contributed by atoms with Gasteiger partial charge < -0.3 is 4.57 Å². The van der Waals surface area contributed by atoms with E-state index in [-0.39, 0.29) is 0 Å². The van der Waals surface area contributed by atoms with Crippen LogP contribution in [0, 0.1) is 0 Å². The summed E-state index contributed by atoms with van der Waals surface area (Å²) in [5.41, 5.74) is 2.14. The summed E-state index contributed by atoms with van der Waals surface area (Å²) in [7, 11) is 0. The van der Waals surface area contributed by atoms with Crippen molar-refractivity contribution >= 4 is 38.4 Å². The van der Waals surface area contributed by atoms with Crippen LogP contribution in [0.15, 0.2) is 53.4 Å². The topological polar surface area (TPSA) is 17.8 Å². The van der Waals surface area contributed by atoms with E-state index >= 15 is 0 Å². The van der Waals surface area contributed by atoms with E-state index in [1.54, 1.807) is 6.20 Å². The van der Waals surface area contributed by atoms with E-state index in [9.17, 15) is 0 Å². The fourth-order valence-electron chi connectivity index (χ4n) is 1.87. The Hall–Kier alpha value is -1.32. The van der Waals surface area contributed by atoms with Crippen LogP contribution in [-0.4, -0.2) is 9.55 Å². The number of hydrogen-bond acceptors (Lipinski definition) is 1. The van der Waals surface area contributed by atoms with Crippen LogP contribution in [0.1, 0.15) is 0 Å². The molecule has 2 heterocycles. The average molecular weight is 308 g/mol. The lowest BCUT2D eigenvalue weighted by atomic mass is 10.2. The first-order valence-corrected chi connectivity index (χ1v) is 6.29. The molecule has 1 aromatic carbocycles. The third kappa shape index (κ3) is 1.96. The summed E-state index contributed by atoms with van der Waals surface area (Å²) in [5.74, 6) is 0. The Kier molecular flexibility index (Phi) is 2.65. The van der Waals surface area contributed by atoms with Gasteiger partial charge in [0, 0.05) is 27.3 Å². The van der Waals surface area contributed by atoms with E-state index in [2.05, 4.69) is 25.5 Å². The van der Waals surface area contributed by atoms with E-state index < -0.39 is 0 Å². The van der Waals surface area contributed by atoms with Crippen molar-refractivity contribution in [2.24, 2.45) is 0 Å². The van der Waals surface area contributed by atoms with Gasteiger partial charge in [0.25, 0.3) is 0 Å². The molecule has 2 nitrogen and oxygen atoms in total. The maximum absolute atomic E-state index is 5.97. The van der Waals surface area contributed by atoms with Crippen LogP contribution >= 0.6 is 27.5 Å². The number of hydrogen-bond donors (Lipinski definition) is 0. The van der Waals surface area contributed by atoms with Gasteiger partial charge in [0.05, 0.1) is 17.4 Å². The lowest BCUT2D eigenvalue weighted by Gasteiger charge is -2.05.